The van der Waals surface area contributed by atoms with Crippen molar-refractivity contribution in [2.24, 2.45) is 0 Å². The van der Waals surface area contributed by atoms with Gasteiger partial charge in [-0.25, -0.2) is 13.2 Å². The molecule has 0 unspecified atom stereocenters. The number of nitrogens with one attached hydrogen (secondary N) is 2. The van der Waals surface area contributed by atoms with Crippen LogP contribution in [0.1, 0.15) is 38.3 Å². The van der Waals surface area contributed by atoms with Gasteiger partial charge >= 0.3 is 6.03 Å². The lowest BCUT2D eigenvalue weighted by Gasteiger charge is -2.33. The second-order valence-electron chi connectivity index (χ2n) is 8.72. The lowest BCUT2D eigenvalue weighted by Crippen LogP contribution is -2.53. The van der Waals surface area contributed by atoms with E-state index in [1.165, 1.54) is 9.87 Å². The molecule has 29 heavy (non-hydrogen) atoms. The SMILES string of the molecule is CC(C)(C)NC(=O)NC(=O)CN1CCN(S(=O)(=O)c2ccc3c(c2)CCC3)CC1. The van der Waals surface area contributed by atoms with Crippen molar-refractivity contribution in [3.63, 3.8) is 0 Å². The summed E-state index contributed by atoms with van der Waals surface area (Å²) in [5.74, 6) is -0.401. The van der Waals surface area contributed by atoms with Gasteiger partial charge in [0.1, 0.15) is 0 Å². The zero-order chi connectivity index (χ0) is 21.2. The van der Waals surface area contributed by atoms with Crippen molar-refractivity contribution in [2.75, 3.05) is 32.7 Å². The van der Waals surface area contributed by atoms with E-state index in [0.29, 0.717) is 31.1 Å². The third kappa shape index (κ3) is 5.55. The molecular weight excluding hydrogens is 392 g/mol. The number of sulfonamides is 1. The van der Waals surface area contributed by atoms with Gasteiger partial charge in [-0.2, -0.15) is 4.31 Å². The van der Waals surface area contributed by atoms with Crippen LogP contribution in [0.3, 0.4) is 0 Å². The van der Waals surface area contributed by atoms with Gasteiger partial charge in [-0.05, 0) is 63.3 Å². The number of fused-ring (bicyclic) bond motifs is 1. The molecule has 2 N–H and O–H groups in total. The molecule has 0 radical (unpaired) electrons. The van der Waals surface area contributed by atoms with Crippen LogP contribution in [0.25, 0.3) is 0 Å². The first-order valence-corrected chi connectivity index (χ1v) is 11.4. The van der Waals surface area contributed by atoms with Crippen LogP contribution in [0.15, 0.2) is 23.1 Å². The number of imide groups is 1. The lowest BCUT2D eigenvalue weighted by atomic mass is 10.1. The maximum absolute atomic E-state index is 13.0. The predicted octanol–water partition coefficient (Wildman–Crippen LogP) is 1.11. The zero-order valence-electron chi connectivity index (χ0n) is 17.3. The molecule has 9 heteroatoms. The molecule has 160 valence electrons. The van der Waals surface area contributed by atoms with Crippen LogP contribution in [0.5, 0.6) is 0 Å². The fourth-order valence-electron chi connectivity index (χ4n) is 3.73. The molecule has 1 saturated heterocycles. The molecule has 1 fully saturated rings. The highest BCUT2D eigenvalue weighted by molar-refractivity contribution is 7.89. The highest BCUT2D eigenvalue weighted by Gasteiger charge is 2.30. The average molecular weight is 423 g/mol. The second-order valence-corrected chi connectivity index (χ2v) is 10.7. The summed E-state index contributed by atoms with van der Waals surface area (Å²) < 4.78 is 27.4. The normalized spacial score (nSPS) is 18.3. The number of piperazine rings is 1. The van der Waals surface area contributed by atoms with Crippen molar-refractivity contribution in [3.8, 4) is 0 Å². The van der Waals surface area contributed by atoms with Crippen molar-refractivity contribution < 1.29 is 18.0 Å². The summed E-state index contributed by atoms with van der Waals surface area (Å²) >= 11 is 0. The quantitative estimate of drug-likeness (QED) is 0.757. The Labute approximate surface area is 172 Å². The van der Waals surface area contributed by atoms with E-state index in [4.69, 9.17) is 0 Å². The Morgan fingerprint density at radius 2 is 1.69 bits per heavy atom. The van der Waals surface area contributed by atoms with Crippen molar-refractivity contribution in [2.45, 2.75) is 50.5 Å². The lowest BCUT2D eigenvalue weighted by molar-refractivity contribution is -0.121. The Kier molecular flexibility index (Phi) is 6.30. The largest absolute Gasteiger partial charge is 0.333 e. The van der Waals surface area contributed by atoms with Crippen LogP contribution >= 0.6 is 0 Å². The van der Waals surface area contributed by atoms with E-state index in [0.717, 1.165) is 24.8 Å². The van der Waals surface area contributed by atoms with E-state index in [2.05, 4.69) is 10.6 Å². The van der Waals surface area contributed by atoms with Gasteiger partial charge in [0, 0.05) is 31.7 Å². The number of benzene rings is 1. The number of amides is 3. The molecule has 0 spiro atoms. The molecule has 0 aromatic heterocycles. The summed E-state index contributed by atoms with van der Waals surface area (Å²) in [6.07, 6.45) is 3.03. The Morgan fingerprint density at radius 3 is 2.34 bits per heavy atom. The number of carbonyl (C=O) groups excluding carboxylic acids is 2. The topological polar surface area (TPSA) is 98.8 Å². The molecule has 1 aromatic rings. The van der Waals surface area contributed by atoms with E-state index >= 15 is 0 Å². The van der Waals surface area contributed by atoms with E-state index in [9.17, 15) is 18.0 Å². The number of hydrogen-bond acceptors (Lipinski definition) is 5. The molecule has 3 rings (SSSR count). The standard InChI is InChI=1S/C20H30N4O4S/c1-20(2,3)22-19(26)21-18(25)14-23-9-11-24(12-10-23)29(27,28)17-8-7-15-5-4-6-16(15)13-17/h7-8,13H,4-6,9-12,14H2,1-3H3,(H2,21,22,25,26). The van der Waals surface area contributed by atoms with Gasteiger partial charge in [-0.15, -0.1) is 0 Å². The van der Waals surface area contributed by atoms with Crippen LogP contribution in [0.4, 0.5) is 4.79 Å². The summed E-state index contributed by atoms with van der Waals surface area (Å²) in [5.41, 5.74) is 1.95. The first-order chi connectivity index (χ1) is 13.5. The van der Waals surface area contributed by atoms with E-state index in [1.807, 2.05) is 37.8 Å². The molecule has 3 amide bonds. The van der Waals surface area contributed by atoms with Gasteiger partial charge in [-0.3, -0.25) is 15.0 Å². The highest BCUT2D eigenvalue weighted by atomic mass is 32.2. The molecule has 8 nitrogen and oxygen atoms in total. The van der Waals surface area contributed by atoms with Crippen LogP contribution in [0.2, 0.25) is 0 Å². The third-order valence-corrected chi connectivity index (χ3v) is 7.04. The van der Waals surface area contributed by atoms with Gasteiger partial charge < -0.3 is 5.32 Å². The molecule has 0 bridgehead atoms. The molecule has 0 saturated carbocycles. The van der Waals surface area contributed by atoms with E-state index in [-0.39, 0.29) is 6.54 Å². The first-order valence-electron chi connectivity index (χ1n) is 10.0. The minimum atomic E-state index is -3.53. The van der Waals surface area contributed by atoms with Crippen molar-refractivity contribution in [1.82, 2.24) is 19.8 Å². The van der Waals surface area contributed by atoms with Crippen LogP contribution in [-0.2, 0) is 27.7 Å². The second kappa shape index (κ2) is 8.41. The van der Waals surface area contributed by atoms with Gasteiger partial charge in [0.05, 0.1) is 11.4 Å². The number of nitrogens with zero attached hydrogens (tertiary/aromatic N) is 2. The van der Waals surface area contributed by atoms with Gasteiger partial charge in [0.25, 0.3) is 0 Å². The maximum atomic E-state index is 13.0. The summed E-state index contributed by atoms with van der Waals surface area (Å²) in [6.45, 7) is 7.08. The van der Waals surface area contributed by atoms with Crippen molar-refractivity contribution in [1.29, 1.82) is 0 Å². The predicted molar refractivity (Wildman–Crippen MR) is 110 cm³/mol. The average Bonchev–Trinajstić information content (AvgIpc) is 3.08. The molecule has 2 aliphatic rings. The Morgan fingerprint density at radius 1 is 1.03 bits per heavy atom. The Balaban J connectivity index is 1.52. The van der Waals surface area contributed by atoms with Crippen LogP contribution < -0.4 is 10.6 Å². The Bertz CT molecular complexity index is 884. The first kappa shape index (κ1) is 21.7. The minimum Gasteiger partial charge on any atom is -0.333 e. The molecule has 0 atom stereocenters. The monoisotopic (exact) mass is 422 g/mol. The Hall–Kier alpha value is -1.97. The summed E-state index contributed by atoms with van der Waals surface area (Å²) in [7, 11) is -3.53. The fraction of sp³-hybridized carbons (Fsp3) is 0.600. The molecule has 1 heterocycles. The smallest absolute Gasteiger partial charge is 0.321 e. The molecule has 1 aliphatic carbocycles. The highest BCUT2D eigenvalue weighted by Crippen LogP contribution is 2.26. The summed E-state index contributed by atoms with van der Waals surface area (Å²) in [5, 5.41) is 4.99. The minimum absolute atomic E-state index is 0.0598. The third-order valence-electron chi connectivity index (χ3n) is 5.15. The molecular formula is C20H30N4O4S. The van der Waals surface area contributed by atoms with Gasteiger partial charge in [0.2, 0.25) is 15.9 Å². The molecule has 1 aromatic carbocycles. The zero-order valence-corrected chi connectivity index (χ0v) is 18.1. The van der Waals surface area contributed by atoms with Crippen molar-refractivity contribution in [3.05, 3.63) is 29.3 Å². The van der Waals surface area contributed by atoms with Crippen LogP contribution in [-0.4, -0.2) is 67.8 Å². The van der Waals surface area contributed by atoms with Gasteiger partial charge in [0.15, 0.2) is 0 Å². The van der Waals surface area contributed by atoms with Gasteiger partial charge in [-0.1, -0.05) is 6.07 Å². The number of rotatable bonds is 4. The summed E-state index contributed by atoms with van der Waals surface area (Å²) in [4.78, 5) is 26.1. The maximum Gasteiger partial charge on any atom is 0.321 e. The number of aryl methyl sites for hydroxylation is 2. The molecule has 1 aliphatic heterocycles. The van der Waals surface area contributed by atoms with Crippen LogP contribution in [0, 0.1) is 0 Å². The number of urea groups is 1. The van der Waals surface area contributed by atoms with E-state index in [1.54, 1.807) is 6.07 Å². The number of hydrogen-bond donors (Lipinski definition) is 2. The number of carbonyl (C=O) groups is 2. The van der Waals surface area contributed by atoms with E-state index < -0.39 is 27.5 Å². The van der Waals surface area contributed by atoms with Crippen molar-refractivity contribution >= 4 is 22.0 Å². The fourth-order valence-corrected chi connectivity index (χ4v) is 5.20. The summed E-state index contributed by atoms with van der Waals surface area (Å²) in [6, 6.07) is 4.91.